The highest BCUT2D eigenvalue weighted by molar-refractivity contribution is 9.11. The molecule has 0 aliphatic rings. The average Bonchev–Trinajstić information content (AvgIpc) is 2.65. The molecule has 1 aromatic rings. The van der Waals surface area contributed by atoms with E-state index in [1.807, 2.05) is 19.9 Å². The molecule has 17 heavy (non-hydrogen) atoms. The number of carbonyl (C=O) groups is 2. The summed E-state index contributed by atoms with van der Waals surface area (Å²) in [7, 11) is 1.31. The zero-order valence-electron chi connectivity index (χ0n) is 9.95. The van der Waals surface area contributed by atoms with Gasteiger partial charge in [-0.2, -0.15) is 0 Å². The van der Waals surface area contributed by atoms with Crippen molar-refractivity contribution < 1.29 is 14.3 Å². The molecular weight excluding hydrogens is 306 g/mol. The third kappa shape index (κ3) is 3.54. The number of methoxy groups -OCH3 is 1. The van der Waals surface area contributed by atoms with Crippen LogP contribution in [0.15, 0.2) is 9.85 Å². The molecule has 1 rings (SSSR count). The van der Waals surface area contributed by atoms with Gasteiger partial charge in [0.25, 0.3) is 5.91 Å². The van der Waals surface area contributed by atoms with Crippen molar-refractivity contribution in [3.05, 3.63) is 20.3 Å². The number of rotatable bonds is 4. The van der Waals surface area contributed by atoms with E-state index in [1.54, 1.807) is 0 Å². The topological polar surface area (TPSA) is 46.6 Å². The number of hydrogen-bond donors (Lipinski definition) is 0. The Balaban J connectivity index is 2.82. The molecule has 0 saturated carbocycles. The summed E-state index contributed by atoms with van der Waals surface area (Å²) in [5.41, 5.74) is 1.02. The highest BCUT2D eigenvalue weighted by atomic mass is 79.9. The summed E-state index contributed by atoms with van der Waals surface area (Å²) in [4.78, 5) is 25.4. The van der Waals surface area contributed by atoms with Crippen molar-refractivity contribution in [3.63, 3.8) is 0 Å². The lowest BCUT2D eigenvalue weighted by molar-refractivity contribution is -0.141. The van der Waals surface area contributed by atoms with Crippen LogP contribution in [0, 0.1) is 6.92 Å². The molecule has 0 aliphatic carbocycles. The zero-order chi connectivity index (χ0) is 13.0. The van der Waals surface area contributed by atoms with Crippen molar-refractivity contribution in [2.75, 3.05) is 20.2 Å². The van der Waals surface area contributed by atoms with Crippen molar-refractivity contribution >= 4 is 39.1 Å². The number of hydrogen-bond acceptors (Lipinski definition) is 4. The summed E-state index contributed by atoms with van der Waals surface area (Å²) in [6, 6.07) is 1.82. The van der Waals surface area contributed by atoms with Gasteiger partial charge in [-0.1, -0.05) is 0 Å². The van der Waals surface area contributed by atoms with Gasteiger partial charge in [-0.15, -0.1) is 11.3 Å². The van der Waals surface area contributed by atoms with Crippen LogP contribution in [0.4, 0.5) is 0 Å². The molecular formula is C11H14BrNO3S. The molecule has 0 spiro atoms. The summed E-state index contributed by atoms with van der Waals surface area (Å²) in [6.07, 6.45) is 0. The molecule has 0 aromatic carbocycles. The molecule has 6 heteroatoms. The molecule has 1 heterocycles. The predicted molar refractivity (Wildman–Crippen MR) is 70.3 cm³/mol. The summed E-state index contributed by atoms with van der Waals surface area (Å²) < 4.78 is 5.50. The molecule has 0 N–H and O–H groups in total. The van der Waals surface area contributed by atoms with Gasteiger partial charge >= 0.3 is 5.97 Å². The smallest absolute Gasteiger partial charge is 0.325 e. The Kier molecular flexibility index (Phi) is 5.14. The first kappa shape index (κ1) is 14.2. The monoisotopic (exact) mass is 319 g/mol. The number of nitrogens with zero attached hydrogens (tertiary/aromatic N) is 1. The number of likely N-dealkylation sites (N-methyl/N-ethyl adjacent to an activating group) is 1. The van der Waals surface area contributed by atoms with E-state index < -0.39 is 5.97 Å². The largest absolute Gasteiger partial charge is 0.468 e. The maximum absolute atomic E-state index is 12.1. The maximum Gasteiger partial charge on any atom is 0.325 e. The number of aryl methyl sites for hydroxylation is 1. The molecule has 0 aliphatic heterocycles. The molecule has 1 aromatic heterocycles. The van der Waals surface area contributed by atoms with Crippen LogP contribution in [-0.2, 0) is 9.53 Å². The first-order valence-corrected chi connectivity index (χ1v) is 6.72. The maximum atomic E-state index is 12.1. The van der Waals surface area contributed by atoms with Gasteiger partial charge in [0.2, 0.25) is 0 Å². The minimum atomic E-state index is -0.410. The zero-order valence-corrected chi connectivity index (χ0v) is 12.4. The first-order valence-electron chi connectivity index (χ1n) is 5.11. The summed E-state index contributed by atoms with van der Waals surface area (Å²) in [6.45, 7) is 4.22. The molecule has 4 nitrogen and oxygen atoms in total. The first-order chi connectivity index (χ1) is 7.99. The van der Waals surface area contributed by atoms with Crippen molar-refractivity contribution in [2.45, 2.75) is 13.8 Å². The molecule has 0 saturated heterocycles. The van der Waals surface area contributed by atoms with Crippen LogP contribution >= 0.6 is 27.3 Å². The number of esters is 1. The third-order valence-corrected chi connectivity index (χ3v) is 4.41. The van der Waals surface area contributed by atoms with E-state index in [0.717, 1.165) is 9.35 Å². The standard InChI is InChI=1S/C11H14BrNO3S/c1-4-13(6-9(14)16-3)11(15)8-5-7(2)10(12)17-8/h5H,4,6H2,1-3H3. The number of halogens is 1. The van der Waals surface area contributed by atoms with Gasteiger partial charge in [-0.05, 0) is 41.4 Å². The van der Waals surface area contributed by atoms with E-state index in [0.29, 0.717) is 11.4 Å². The summed E-state index contributed by atoms with van der Waals surface area (Å²) in [5, 5.41) is 0. The number of thiophene rings is 1. The molecule has 0 bridgehead atoms. The van der Waals surface area contributed by atoms with Crippen LogP contribution in [0.5, 0.6) is 0 Å². The van der Waals surface area contributed by atoms with Gasteiger partial charge in [0.15, 0.2) is 0 Å². The summed E-state index contributed by atoms with van der Waals surface area (Å²) >= 11 is 4.75. The van der Waals surface area contributed by atoms with E-state index in [4.69, 9.17) is 0 Å². The fraction of sp³-hybridized carbons (Fsp3) is 0.455. The van der Waals surface area contributed by atoms with E-state index >= 15 is 0 Å². The van der Waals surface area contributed by atoms with Crippen molar-refractivity contribution in [2.24, 2.45) is 0 Å². The minimum absolute atomic E-state index is 0.0135. The number of carbonyl (C=O) groups excluding carboxylic acids is 2. The Hall–Kier alpha value is -0.880. The molecule has 0 unspecified atom stereocenters. The second kappa shape index (κ2) is 6.16. The molecule has 0 radical (unpaired) electrons. The van der Waals surface area contributed by atoms with Gasteiger partial charge in [-0.3, -0.25) is 9.59 Å². The van der Waals surface area contributed by atoms with E-state index in [9.17, 15) is 9.59 Å². The summed E-state index contributed by atoms with van der Waals surface area (Å²) in [5.74, 6) is -0.552. The second-order valence-electron chi connectivity index (χ2n) is 3.46. The normalized spacial score (nSPS) is 10.1. The van der Waals surface area contributed by atoms with E-state index in [2.05, 4.69) is 20.7 Å². The molecule has 94 valence electrons. The second-order valence-corrected chi connectivity index (χ2v) is 5.83. The predicted octanol–water partition coefficient (Wildman–Crippen LogP) is 2.45. The van der Waals surface area contributed by atoms with Gasteiger partial charge in [0, 0.05) is 6.54 Å². The fourth-order valence-corrected chi connectivity index (χ4v) is 2.77. The van der Waals surface area contributed by atoms with Crippen molar-refractivity contribution in [1.29, 1.82) is 0 Å². The lowest BCUT2D eigenvalue weighted by Gasteiger charge is -2.18. The van der Waals surface area contributed by atoms with Crippen LogP contribution < -0.4 is 0 Å². The quantitative estimate of drug-likeness (QED) is 0.801. The van der Waals surface area contributed by atoms with Crippen molar-refractivity contribution in [1.82, 2.24) is 4.90 Å². The molecule has 0 fully saturated rings. The average molecular weight is 320 g/mol. The Bertz CT molecular complexity index is 411. The van der Waals surface area contributed by atoms with Crippen LogP contribution in [0.1, 0.15) is 22.2 Å². The minimum Gasteiger partial charge on any atom is -0.468 e. The van der Waals surface area contributed by atoms with E-state index in [-0.39, 0.29) is 12.5 Å². The highest BCUT2D eigenvalue weighted by Gasteiger charge is 2.20. The van der Waals surface area contributed by atoms with Gasteiger partial charge in [-0.25, -0.2) is 0 Å². The molecule has 1 amide bonds. The van der Waals surface area contributed by atoms with Gasteiger partial charge in [0.05, 0.1) is 15.8 Å². The van der Waals surface area contributed by atoms with Gasteiger partial charge < -0.3 is 9.64 Å². The van der Waals surface area contributed by atoms with E-state index in [1.165, 1.54) is 23.3 Å². The van der Waals surface area contributed by atoms with Crippen LogP contribution in [0.3, 0.4) is 0 Å². The fourth-order valence-electron chi connectivity index (χ4n) is 1.27. The lowest BCUT2D eigenvalue weighted by atomic mass is 10.3. The van der Waals surface area contributed by atoms with Crippen molar-refractivity contribution in [3.8, 4) is 0 Å². The Morgan fingerprint density at radius 2 is 2.18 bits per heavy atom. The Morgan fingerprint density at radius 3 is 2.59 bits per heavy atom. The number of ether oxygens (including phenoxy) is 1. The third-order valence-electron chi connectivity index (χ3n) is 2.28. The Labute approximate surface area is 113 Å². The highest BCUT2D eigenvalue weighted by Crippen LogP contribution is 2.28. The molecule has 0 atom stereocenters. The van der Waals surface area contributed by atoms with Crippen LogP contribution in [0.25, 0.3) is 0 Å². The number of amides is 1. The Morgan fingerprint density at radius 1 is 1.53 bits per heavy atom. The van der Waals surface area contributed by atoms with Crippen LogP contribution in [-0.4, -0.2) is 37.0 Å². The SMILES string of the molecule is CCN(CC(=O)OC)C(=O)c1cc(C)c(Br)s1. The van der Waals surface area contributed by atoms with Crippen LogP contribution in [0.2, 0.25) is 0 Å². The van der Waals surface area contributed by atoms with Gasteiger partial charge in [0.1, 0.15) is 6.54 Å². The lowest BCUT2D eigenvalue weighted by Crippen LogP contribution is -2.35.